The number of carbonyl (C=O) groups is 1. The van der Waals surface area contributed by atoms with E-state index in [4.69, 9.17) is 5.73 Å². The van der Waals surface area contributed by atoms with E-state index >= 15 is 0 Å². The van der Waals surface area contributed by atoms with Gasteiger partial charge in [0.25, 0.3) is 0 Å². The number of nitrogens with two attached hydrogens (primary N) is 1. The van der Waals surface area contributed by atoms with Crippen molar-refractivity contribution in [3.05, 3.63) is 17.5 Å². The highest BCUT2D eigenvalue weighted by atomic mass is 16.1. The Kier molecular flexibility index (Phi) is 1.45. The van der Waals surface area contributed by atoms with Gasteiger partial charge in [-0.3, -0.25) is 20.1 Å². The van der Waals surface area contributed by atoms with Crippen molar-refractivity contribution in [2.75, 3.05) is 13.2 Å². The number of fused-ring (bicyclic) bond motifs is 4. The minimum Gasteiger partial charge on any atom is -0.368 e. The zero-order valence-corrected chi connectivity index (χ0v) is 7.53. The first-order valence-electron chi connectivity index (χ1n) is 4.57. The highest BCUT2D eigenvalue weighted by Gasteiger charge is 2.41. The van der Waals surface area contributed by atoms with Gasteiger partial charge in [-0.1, -0.05) is 0 Å². The number of aromatic nitrogens is 2. The van der Waals surface area contributed by atoms with Gasteiger partial charge in [0, 0.05) is 24.8 Å². The summed E-state index contributed by atoms with van der Waals surface area (Å²) in [5, 5.41) is 10.1. The second-order valence-corrected chi connectivity index (χ2v) is 3.73. The monoisotopic (exact) mass is 193 g/mol. The van der Waals surface area contributed by atoms with Crippen LogP contribution in [-0.4, -0.2) is 34.2 Å². The van der Waals surface area contributed by atoms with Gasteiger partial charge in [0.05, 0.1) is 11.9 Å². The van der Waals surface area contributed by atoms with Crippen LogP contribution in [0.2, 0.25) is 0 Å². The van der Waals surface area contributed by atoms with E-state index in [0.29, 0.717) is 12.7 Å². The molecule has 1 fully saturated rings. The quantitative estimate of drug-likeness (QED) is 0.525. The largest absolute Gasteiger partial charge is 0.368 e. The van der Waals surface area contributed by atoms with Crippen LogP contribution in [0.3, 0.4) is 0 Å². The molecule has 4 N–H and O–H groups in total. The van der Waals surface area contributed by atoms with Gasteiger partial charge < -0.3 is 5.73 Å². The molecule has 1 aromatic rings. The van der Waals surface area contributed by atoms with Crippen LogP contribution >= 0.6 is 0 Å². The molecule has 14 heavy (non-hydrogen) atoms. The molecule has 1 aromatic heterocycles. The van der Waals surface area contributed by atoms with E-state index in [-0.39, 0.29) is 11.9 Å². The predicted molar refractivity (Wildman–Crippen MR) is 48.0 cm³/mol. The number of hydrogen-bond acceptors (Lipinski definition) is 4. The van der Waals surface area contributed by atoms with Crippen molar-refractivity contribution in [1.29, 1.82) is 0 Å². The van der Waals surface area contributed by atoms with Crippen LogP contribution in [0, 0.1) is 0 Å². The summed E-state index contributed by atoms with van der Waals surface area (Å²) < 4.78 is 0. The predicted octanol–water partition coefficient (Wildman–Crippen LogP) is -1.15. The summed E-state index contributed by atoms with van der Waals surface area (Å²) in [4.78, 5) is 13.3. The molecule has 0 spiro atoms. The van der Waals surface area contributed by atoms with Crippen molar-refractivity contribution in [2.45, 2.75) is 12.1 Å². The third-order valence-corrected chi connectivity index (χ3v) is 2.94. The van der Waals surface area contributed by atoms with Crippen LogP contribution < -0.4 is 11.1 Å². The van der Waals surface area contributed by atoms with Crippen molar-refractivity contribution in [2.24, 2.45) is 5.73 Å². The third-order valence-electron chi connectivity index (χ3n) is 2.94. The van der Waals surface area contributed by atoms with Gasteiger partial charge in [-0.25, -0.2) is 0 Å². The molecule has 0 saturated carbocycles. The Balaban J connectivity index is 2.13. The number of carbonyl (C=O) groups excluding carboxylic acids is 1. The first-order valence-corrected chi connectivity index (χ1v) is 4.57. The molecule has 0 aliphatic carbocycles. The molecular formula is C8H11N5O. The average Bonchev–Trinajstić information content (AvgIpc) is 2.73. The first kappa shape index (κ1) is 7.95. The Hall–Kier alpha value is -1.40. The minimum atomic E-state index is -0.348. The Morgan fingerprint density at radius 1 is 1.71 bits per heavy atom. The van der Waals surface area contributed by atoms with Gasteiger partial charge in [0.2, 0.25) is 5.91 Å². The number of nitrogens with zero attached hydrogens (tertiary/aromatic N) is 2. The van der Waals surface area contributed by atoms with E-state index in [1.54, 1.807) is 6.20 Å². The van der Waals surface area contributed by atoms with Crippen molar-refractivity contribution in [3.8, 4) is 0 Å². The van der Waals surface area contributed by atoms with Gasteiger partial charge in [0.15, 0.2) is 0 Å². The fourth-order valence-electron chi connectivity index (χ4n) is 2.30. The second kappa shape index (κ2) is 2.55. The molecule has 6 nitrogen and oxygen atoms in total. The van der Waals surface area contributed by atoms with Gasteiger partial charge in [0.1, 0.15) is 6.04 Å². The molecule has 2 aliphatic rings. The van der Waals surface area contributed by atoms with Gasteiger partial charge in [-0.05, 0) is 0 Å². The Morgan fingerprint density at radius 2 is 2.57 bits per heavy atom. The lowest BCUT2D eigenvalue weighted by atomic mass is 9.98. The summed E-state index contributed by atoms with van der Waals surface area (Å²) in [5.41, 5.74) is 7.29. The highest BCUT2D eigenvalue weighted by molar-refractivity contribution is 5.81. The second-order valence-electron chi connectivity index (χ2n) is 3.73. The van der Waals surface area contributed by atoms with Crippen LogP contribution in [0.15, 0.2) is 6.20 Å². The van der Waals surface area contributed by atoms with Crippen molar-refractivity contribution in [1.82, 2.24) is 20.4 Å². The van der Waals surface area contributed by atoms with Crippen LogP contribution in [0.1, 0.15) is 23.3 Å². The molecule has 3 atom stereocenters. The Labute approximate surface area is 80.5 Å². The summed E-state index contributed by atoms with van der Waals surface area (Å²) in [5.74, 6) is -0.322. The summed E-state index contributed by atoms with van der Waals surface area (Å²) in [6.45, 7) is 1.54. The lowest BCUT2D eigenvalue weighted by Gasteiger charge is -2.28. The number of rotatable bonds is 1. The maximum absolute atomic E-state index is 11.3. The number of primary amides is 1. The number of hydrogen-bond donors (Lipinski definition) is 3. The van der Waals surface area contributed by atoms with Crippen LogP contribution in [-0.2, 0) is 4.79 Å². The minimum absolute atomic E-state index is 0.291. The smallest absolute Gasteiger partial charge is 0.241 e. The first-order chi connectivity index (χ1) is 6.77. The molecule has 74 valence electrons. The lowest BCUT2D eigenvalue weighted by molar-refractivity contribution is -0.123. The van der Waals surface area contributed by atoms with Gasteiger partial charge >= 0.3 is 0 Å². The fraction of sp³-hybridized carbons (Fsp3) is 0.500. The van der Waals surface area contributed by atoms with Crippen LogP contribution in [0.4, 0.5) is 0 Å². The van der Waals surface area contributed by atoms with E-state index in [9.17, 15) is 4.79 Å². The lowest BCUT2D eigenvalue weighted by Crippen LogP contribution is -2.39. The van der Waals surface area contributed by atoms with Crippen LogP contribution in [0.5, 0.6) is 0 Å². The summed E-state index contributed by atoms with van der Waals surface area (Å²) in [6, 6.07) is -0.0573. The van der Waals surface area contributed by atoms with Gasteiger partial charge in [-0.2, -0.15) is 5.10 Å². The standard InChI is InChI=1S/C8H11N5O/c9-8(14)7-6-4(1-11-12-6)5-2-13(7)3-10-5/h1,5,7,10H,2-3H2,(H2,9,14)(H,11,12). The normalized spacial score (nSPS) is 34.1. The van der Waals surface area contributed by atoms with E-state index in [0.717, 1.165) is 17.8 Å². The summed E-state index contributed by atoms with van der Waals surface area (Å²) >= 11 is 0. The molecule has 0 radical (unpaired) electrons. The Bertz CT molecular complexity index is 387. The topological polar surface area (TPSA) is 87.0 Å². The molecular weight excluding hydrogens is 182 g/mol. The highest BCUT2D eigenvalue weighted by Crippen LogP contribution is 2.35. The Morgan fingerprint density at radius 3 is 3.36 bits per heavy atom. The van der Waals surface area contributed by atoms with Crippen molar-refractivity contribution in [3.63, 3.8) is 0 Å². The van der Waals surface area contributed by atoms with E-state index in [2.05, 4.69) is 15.5 Å². The SMILES string of the molecule is NC(=O)C1c2[nH]ncc2C2CN1CN2. The van der Waals surface area contributed by atoms with Crippen molar-refractivity contribution >= 4 is 5.91 Å². The van der Waals surface area contributed by atoms with E-state index in [1.807, 2.05) is 4.90 Å². The average molecular weight is 193 g/mol. The molecule has 2 aliphatic heterocycles. The van der Waals surface area contributed by atoms with Crippen LogP contribution in [0.25, 0.3) is 0 Å². The molecule has 3 rings (SSSR count). The number of nitrogens with one attached hydrogen (secondary N) is 2. The molecule has 3 unspecified atom stereocenters. The molecule has 3 heterocycles. The zero-order valence-electron chi connectivity index (χ0n) is 7.53. The van der Waals surface area contributed by atoms with E-state index in [1.165, 1.54) is 0 Å². The zero-order chi connectivity index (χ0) is 9.71. The molecule has 1 saturated heterocycles. The maximum Gasteiger partial charge on any atom is 0.241 e. The maximum atomic E-state index is 11.3. The number of H-pyrrole nitrogens is 1. The fourth-order valence-corrected chi connectivity index (χ4v) is 2.30. The van der Waals surface area contributed by atoms with Crippen molar-refractivity contribution < 1.29 is 4.79 Å². The van der Waals surface area contributed by atoms with Gasteiger partial charge in [-0.15, -0.1) is 0 Å². The summed E-state index contributed by atoms with van der Waals surface area (Å²) in [6.07, 6.45) is 1.77. The number of amides is 1. The molecule has 1 amide bonds. The molecule has 2 bridgehead atoms. The molecule has 6 heteroatoms. The van der Waals surface area contributed by atoms with E-state index < -0.39 is 0 Å². The molecule has 0 aromatic carbocycles. The third kappa shape index (κ3) is 0.865. The summed E-state index contributed by atoms with van der Waals surface area (Å²) in [7, 11) is 0. The number of aromatic amines is 1.